The zero-order valence-corrected chi connectivity index (χ0v) is 21.2. The zero-order valence-electron chi connectivity index (χ0n) is 15.4. The lowest BCUT2D eigenvalue weighted by Crippen LogP contribution is -3.00. The van der Waals surface area contributed by atoms with Gasteiger partial charge in [-0.15, -0.1) is 0 Å². The van der Waals surface area contributed by atoms with Crippen LogP contribution in [-0.2, 0) is 33.3 Å². The molecule has 0 spiro atoms. The summed E-state index contributed by atoms with van der Waals surface area (Å²) < 4.78 is 0. The molecule has 0 radical (unpaired) electrons. The molecule has 1 aromatic carbocycles. The minimum Gasteiger partial charge on any atom is -1.00 e. The largest absolute Gasteiger partial charge is 1.00 e. The molecule has 1 aromatic rings. The topological polar surface area (TPSA) is 0 Å². The Labute approximate surface area is 177 Å². The van der Waals surface area contributed by atoms with Crippen molar-refractivity contribution in [3.63, 3.8) is 0 Å². The second kappa shape index (κ2) is 10.4. The van der Waals surface area contributed by atoms with Crippen LogP contribution in [0.25, 0.3) is 0 Å². The Morgan fingerprint density at radius 1 is 0.792 bits per heavy atom. The molecule has 0 amide bonds. The molecule has 3 rings (SSSR count). The molecule has 138 valence electrons. The van der Waals surface area contributed by atoms with Gasteiger partial charge in [-0.3, -0.25) is 0 Å². The van der Waals surface area contributed by atoms with Gasteiger partial charge in [-0.05, 0) is 47.5 Å². The van der Waals surface area contributed by atoms with Crippen LogP contribution >= 0.6 is 0 Å². The van der Waals surface area contributed by atoms with Crippen LogP contribution < -0.4 is 39.1 Å². The zero-order chi connectivity index (χ0) is 15.6. The third kappa shape index (κ3) is 6.36. The first-order valence-corrected chi connectivity index (χ1v) is 15.9. The monoisotopic (exact) mass is 510 g/mol. The lowest BCUT2D eigenvalue weighted by atomic mass is 10.2. The average molecular weight is 512 g/mol. The molecular weight excluding hydrogens is 480 g/mol. The Balaban J connectivity index is 0.00000144. The molecule has 2 saturated heterocycles. The highest BCUT2D eigenvalue weighted by Crippen LogP contribution is 2.22. The first kappa shape index (κ1) is 23.1. The normalized spacial score (nSPS) is 19.1. The van der Waals surface area contributed by atoms with Crippen molar-refractivity contribution in [2.24, 2.45) is 0 Å². The lowest BCUT2D eigenvalue weighted by molar-refractivity contribution is -0.001000. The van der Waals surface area contributed by atoms with Gasteiger partial charge in [0.15, 0.2) is 0 Å². The molecule has 5 heteroatoms. The van der Waals surface area contributed by atoms with E-state index < -0.39 is 8.07 Å². The van der Waals surface area contributed by atoms with Crippen LogP contribution in [0.3, 0.4) is 0 Å². The molecule has 0 aliphatic carbocycles. The molecule has 24 heavy (non-hydrogen) atoms. The predicted octanol–water partition coefficient (Wildman–Crippen LogP) is -1.94. The summed E-state index contributed by atoms with van der Waals surface area (Å²) in [6.45, 7) is 7.60. The van der Waals surface area contributed by atoms with Crippen molar-refractivity contribution in [1.82, 2.24) is 0 Å². The van der Waals surface area contributed by atoms with Gasteiger partial charge in [0, 0.05) is 11.1 Å². The van der Waals surface area contributed by atoms with Crippen molar-refractivity contribution in [2.45, 2.75) is 56.8 Å². The standard InChI is InChI=1S/C19H32S2Si.2BrH/c1-22(2,3)19-14-17(15-20-10-4-5-11-20)8-9-18(19)16-21-12-6-7-13-21;;/h8-9,14H,4-7,10-13,15-16H2,1-3H3;2*1H/q+2;;/p-2. The van der Waals surface area contributed by atoms with Crippen LogP contribution in [0, 0.1) is 0 Å². The van der Waals surface area contributed by atoms with Gasteiger partial charge >= 0.3 is 0 Å². The highest BCUT2D eigenvalue weighted by molar-refractivity contribution is 7.96. The fourth-order valence-electron chi connectivity index (χ4n) is 3.71. The van der Waals surface area contributed by atoms with Gasteiger partial charge in [0.2, 0.25) is 0 Å². The number of benzene rings is 1. The molecule has 0 unspecified atom stereocenters. The van der Waals surface area contributed by atoms with E-state index in [9.17, 15) is 0 Å². The molecule has 2 heterocycles. The van der Waals surface area contributed by atoms with E-state index >= 15 is 0 Å². The summed E-state index contributed by atoms with van der Waals surface area (Å²) in [7, 11) is 0.154. The van der Waals surface area contributed by atoms with Crippen molar-refractivity contribution in [3.05, 3.63) is 29.3 Å². The fraction of sp³-hybridized carbons (Fsp3) is 0.684. The number of hydrogen-bond donors (Lipinski definition) is 0. The summed E-state index contributed by atoms with van der Waals surface area (Å²) in [6, 6.07) is 7.63. The van der Waals surface area contributed by atoms with Gasteiger partial charge in [0.05, 0.1) is 8.07 Å². The summed E-state index contributed by atoms with van der Waals surface area (Å²) in [4.78, 5) is 0. The second-order valence-corrected chi connectivity index (χ2v) is 17.7. The number of rotatable bonds is 5. The van der Waals surface area contributed by atoms with E-state index in [1.807, 2.05) is 0 Å². The molecule has 0 aromatic heterocycles. The molecule has 2 aliphatic heterocycles. The summed E-state index contributed by atoms with van der Waals surface area (Å²) >= 11 is 0. The van der Waals surface area contributed by atoms with E-state index in [2.05, 4.69) is 37.8 Å². The summed E-state index contributed by atoms with van der Waals surface area (Å²) in [5.41, 5.74) is 3.35. The summed E-state index contributed by atoms with van der Waals surface area (Å²) in [6.07, 6.45) is 5.91. The van der Waals surface area contributed by atoms with Crippen LogP contribution in [0.15, 0.2) is 18.2 Å². The lowest BCUT2D eigenvalue weighted by Gasteiger charge is -2.21. The summed E-state index contributed by atoms with van der Waals surface area (Å²) in [5.74, 6) is 8.72. The third-order valence-electron chi connectivity index (χ3n) is 4.94. The van der Waals surface area contributed by atoms with E-state index in [4.69, 9.17) is 0 Å². The smallest absolute Gasteiger partial charge is 0.133 e. The fourth-order valence-corrected chi connectivity index (χ4v) is 10.4. The van der Waals surface area contributed by atoms with Crippen LogP contribution in [0.2, 0.25) is 19.6 Å². The molecule has 0 atom stereocenters. The van der Waals surface area contributed by atoms with E-state index in [1.54, 1.807) is 16.3 Å². The molecule has 0 saturated carbocycles. The molecule has 0 nitrogen and oxygen atoms in total. The Morgan fingerprint density at radius 2 is 1.29 bits per heavy atom. The van der Waals surface area contributed by atoms with Gasteiger partial charge in [0.25, 0.3) is 0 Å². The van der Waals surface area contributed by atoms with Crippen LogP contribution in [-0.4, -0.2) is 31.1 Å². The molecule has 2 aliphatic rings. The predicted molar refractivity (Wildman–Crippen MR) is 109 cm³/mol. The average Bonchev–Trinajstić information content (AvgIpc) is 3.12. The van der Waals surface area contributed by atoms with Gasteiger partial charge in [0.1, 0.15) is 34.5 Å². The highest BCUT2D eigenvalue weighted by atomic mass is 79.9. The van der Waals surface area contributed by atoms with Gasteiger partial charge < -0.3 is 34.0 Å². The second-order valence-electron chi connectivity index (χ2n) is 7.99. The third-order valence-corrected chi connectivity index (χ3v) is 12.0. The van der Waals surface area contributed by atoms with Crippen molar-refractivity contribution < 1.29 is 34.0 Å². The van der Waals surface area contributed by atoms with Gasteiger partial charge in [-0.1, -0.05) is 43.0 Å². The van der Waals surface area contributed by atoms with E-state index in [-0.39, 0.29) is 34.0 Å². The van der Waals surface area contributed by atoms with Crippen molar-refractivity contribution >= 4 is 35.1 Å². The number of halogens is 2. The Kier molecular flexibility index (Phi) is 10.1. The maximum absolute atomic E-state index is 2.63. The van der Waals surface area contributed by atoms with E-state index in [0.29, 0.717) is 21.8 Å². The minimum atomic E-state index is -1.23. The van der Waals surface area contributed by atoms with Gasteiger partial charge in [-0.25, -0.2) is 0 Å². The molecule has 2 fully saturated rings. The summed E-state index contributed by atoms with van der Waals surface area (Å²) in [5, 5.41) is 1.77. The van der Waals surface area contributed by atoms with Gasteiger partial charge in [-0.2, -0.15) is 0 Å². The Morgan fingerprint density at radius 3 is 1.79 bits per heavy atom. The number of hydrogen-bond acceptors (Lipinski definition) is 0. The van der Waals surface area contributed by atoms with Crippen molar-refractivity contribution in [1.29, 1.82) is 0 Å². The maximum atomic E-state index is 2.63. The minimum absolute atomic E-state index is 0. The van der Waals surface area contributed by atoms with Crippen LogP contribution in [0.1, 0.15) is 36.8 Å². The van der Waals surface area contributed by atoms with Crippen molar-refractivity contribution in [2.75, 3.05) is 23.0 Å². The first-order valence-electron chi connectivity index (χ1n) is 8.93. The van der Waals surface area contributed by atoms with Crippen LogP contribution in [0.4, 0.5) is 0 Å². The van der Waals surface area contributed by atoms with Crippen LogP contribution in [0.5, 0.6) is 0 Å². The highest BCUT2D eigenvalue weighted by Gasteiger charge is 2.30. The Bertz CT molecular complexity index is 505. The maximum Gasteiger partial charge on any atom is 0.133 e. The SMILES string of the molecule is C[Si](C)(C)c1cc(C[S+]2CCCC2)ccc1C[S+]1CCCC1.[Br-].[Br-]. The van der Waals surface area contributed by atoms with E-state index in [0.717, 1.165) is 0 Å². The quantitative estimate of drug-likeness (QED) is 0.319. The molecule has 0 N–H and O–H groups in total. The Hall–Kier alpha value is 1.10. The first-order chi connectivity index (χ1) is 10.5. The van der Waals surface area contributed by atoms with E-state index in [1.165, 1.54) is 60.2 Å². The van der Waals surface area contributed by atoms with Crippen molar-refractivity contribution in [3.8, 4) is 0 Å². The molecular formula is C19H32Br2S2Si. The molecule has 0 bridgehead atoms.